The zero-order valence-electron chi connectivity index (χ0n) is 14.8. The molecule has 0 saturated carbocycles. The molecule has 2 amide bonds. The Kier molecular flexibility index (Phi) is 5.05. The first-order valence-corrected chi connectivity index (χ1v) is 10.6. The van der Waals surface area contributed by atoms with E-state index in [2.05, 4.69) is 10.3 Å². The summed E-state index contributed by atoms with van der Waals surface area (Å²) in [5.41, 5.74) is 2.69. The van der Waals surface area contributed by atoms with Crippen LogP contribution in [0, 0.1) is 6.92 Å². The highest BCUT2D eigenvalue weighted by Gasteiger charge is 2.34. The molecular weight excluding hydrogens is 378 g/mol. The van der Waals surface area contributed by atoms with Gasteiger partial charge in [-0.3, -0.25) is 9.59 Å². The van der Waals surface area contributed by atoms with Gasteiger partial charge in [-0.25, -0.2) is 4.98 Å². The second-order valence-electron chi connectivity index (χ2n) is 6.45. The Hall–Kier alpha value is -2.51. The van der Waals surface area contributed by atoms with Gasteiger partial charge in [0, 0.05) is 23.2 Å². The van der Waals surface area contributed by atoms with Crippen LogP contribution in [0.25, 0.3) is 11.3 Å². The van der Waals surface area contributed by atoms with Gasteiger partial charge in [-0.05, 0) is 43.3 Å². The number of nitrogens with zero attached hydrogens (tertiary/aromatic N) is 2. The number of thiazole rings is 1. The van der Waals surface area contributed by atoms with Gasteiger partial charge in [0.25, 0.3) is 5.91 Å². The molecule has 138 valence electrons. The molecule has 1 atom stereocenters. The lowest BCUT2D eigenvalue weighted by molar-refractivity contribution is -0.119. The number of amides is 2. The average molecular weight is 398 g/mol. The summed E-state index contributed by atoms with van der Waals surface area (Å²) in [5, 5.41) is 7.88. The van der Waals surface area contributed by atoms with E-state index in [-0.39, 0.29) is 11.8 Å². The quantitative estimate of drug-likeness (QED) is 0.709. The van der Waals surface area contributed by atoms with Crippen molar-refractivity contribution in [1.82, 2.24) is 9.88 Å². The largest absolute Gasteiger partial charge is 0.326 e. The van der Waals surface area contributed by atoms with E-state index in [9.17, 15) is 9.59 Å². The first-order valence-electron chi connectivity index (χ1n) is 8.80. The average Bonchev–Trinajstić information content (AvgIpc) is 3.43. The number of carbonyl (C=O) groups is 2. The zero-order chi connectivity index (χ0) is 18.8. The van der Waals surface area contributed by atoms with Crippen molar-refractivity contribution in [3.63, 3.8) is 0 Å². The zero-order valence-corrected chi connectivity index (χ0v) is 16.5. The Morgan fingerprint density at radius 3 is 2.67 bits per heavy atom. The van der Waals surface area contributed by atoms with E-state index in [1.54, 1.807) is 22.3 Å². The number of thiophene rings is 1. The highest BCUT2D eigenvalue weighted by atomic mass is 32.1. The van der Waals surface area contributed by atoms with Crippen LogP contribution in [0.15, 0.2) is 47.2 Å². The summed E-state index contributed by atoms with van der Waals surface area (Å²) in [6.45, 7) is 2.60. The molecule has 1 unspecified atom stereocenters. The van der Waals surface area contributed by atoms with Crippen molar-refractivity contribution < 1.29 is 9.59 Å². The normalized spacial score (nSPS) is 16.5. The third-order valence-electron chi connectivity index (χ3n) is 4.62. The molecule has 1 aliphatic rings. The van der Waals surface area contributed by atoms with E-state index in [0.717, 1.165) is 28.4 Å². The maximum atomic E-state index is 12.7. The standard InChI is InChI=1S/C20H19N3O2S2/c1-13-21-16(12-27-13)14-6-8-15(9-7-14)22-19(24)17-4-2-10-23(17)20(25)18-5-3-11-26-18/h3,5-9,11-12,17H,2,4,10H2,1H3,(H,22,24). The number of rotatable bonds is 4. The van der Waals surface area contributed by atoms with Crippen LogP contribution < -0.4 is 5.32 Å². The van der Waals surface area contributed by atoms with E-state index in [1.165, 1.54) is 11.3 Å². The van der Waals surface area contributed by atoms with Crippen LogP contribution in [0.3, 0.4) is 0 Å². The summed E-state index contributed by atoms with van der Waals surface area (Å²) in [6, 6.07) is 10.9. The molecule has 27 heavy (non-hydrogen) atoms. The molecule has 2 aromatic heterocycles. The number of carbonyl (C=O) groups excluding carboxylic acids is 2. The van der Waals surface area contributed by atoms with Crippen molar-refractivity contribution in [3.8, 4) is 11.3 Å². The molecule has 0 bridgehead atoms. The van der Waals surface area contributed by atoms with Gasteiger partial charge in [0.1, 0.15) is 6.04 Å². The third kappa shape index (κ3) is 3.79. The van der Waals surface area contributed by atoms with Gasteiger partial charge in [0.15, 0.2) is 0 Å². The Labute approximate surface area is 165 Å². The Morgan fingerprint density at radius 1 is 1.19 bits per heavy atom. The molecule has 5 nitrogen and oxygen atoms in total. The molecule has 0 radical (unpaired) electrons. The molecule has 4 rings (SSSR count). The Balaban J connectivity index is 1.44. The van der Waals surface area contributed by atoms with Crippen LogP contribution in [0.2, 0.25) is 0 Å². The minimum atomic E-state index is -0.416. The van der Waals surface area contributed by atoms with Gasteiger partial charge in [-0.1, -0.05) is 18.2 Å². The van der Waals surface area contributed by atoms with Crippen LogP contribution >= 0.6 is 22.7 Å². The van der Waals surface area contributed by atoms with Gasteiger partial charge in [-0.15, -0.1) is 22.7 Å². The molecule has 3 aromatic rings. The van der Waals surface area contributed by atoms with Gasteiger partial charge in [0.2, 0.25) is 5.91 Å². The maximum absolute atomic E-state index is 12.7. The lowest BCUT2D eigenvalue weighted by Gasteiger charge is -2.23. The summed E-state index contributed by atoms with van der Waals surface area (Å²) in [6.07, 6.45) is 1.54. The molecule has 1 aromatic carbocycles. The fourth-order valence-electron chi connectivity index (χ4n) is 3.27. The fourth-order valence-corrected chi connectivity index (χ4v) is 4.57. The predicted molar refractivity (Wildman–Crippen MR) is 109 cm³/mol. The van der Waals surface area contributed by atoms with Gasteiger partial charge in [0.05, 0.1) is 15.6 Å². The van der Waals surface area contributed by atoms with Crippen LogP contribution in [0.1, 0.15) is 27.5 Å². The summed E-state index contributed by atoms with van der Waals surface area (Å²) in [5.74, 6) is -0.188. The number of benzene rings is 1. The SMILES string of the molecule is Cc1nc(-c2ccc(NC(=O)C3CCCN3C(=O)c3cccs3)cc2)cs1. The third-order valence-corrected chi connectivity index (χ3v) is 6.25. The van der Waals surface area contributed by atoms with Crippen LogP contribution in [-0.4, -0.2) is 34.3 Å². The summed E-state index contributed by atoms with van der Waals surface area (Å²) in [4.78, 5) is 32.2. The topological polar surface area (TPSA) is 62.3 Å². The van der Waals surface area contributed by atoms with Crippen molar-refractivity contribution in [2.45, 2.75) is 25.8 Å². The molecule has 1 N–H and O–H groups in total. The minimum Gasteiger partial charge on any atom is -0.326 e. The second-order valence-corrected chi connectivity index (χ2v) is 8.46. The van der Waals surface area contributed by atoms with Crippen LogP contribution in [0.4, 0.5) is 5.69 Å². The van der Waals surface area contributed by atoms with Crippen LogP contribution in [-0.2, 0) is 4.79 Å². The van der Waals surface area contributed by atoms with Gasteiger partial charge in [-0.2, -0.15) is 0 Å². The summed E-state index contributed by atoms with van der Waals surface area (Å²) < 4.78 is 0. The summed E-state index contributed by atoms with van der Waals surface area (Å²) >= 11 is 3.02. The van der Waals surface area contributed by atoms with Crippen molar-refractivity contribution >= 4 is 40.2 Å². The van der Waals surface area contributed by atoms with E-state index in [0.29, 0.717) is 17.8 Å². The van der Waals surface area contributed by atoms with Crippen molar-refractivity contribution in [2.24, 2.45) is 0 Å². The van der Waals surface area contributed by atoms with E-state index in [4.69, 9.17) is 0 Å². The van der Waals surface area contributed by atoms with Gasteiger partial charge >= 0.3 is 0 Å². The maximum Gasteiger partial charge on any atom is 0.264 e. The molecule has 3 heterocycles. The lowest BCUT2D eigenvalue weighted by atomic mass is 10.1. The molecule has 0 aliphatic carbocycles. The number of aryl methyl sites for hydroxylation is 1. The van der Waals surface area contributed by atoms with E-state index < -0.39 is 6.04 Å². The van der Waals surface area contributed by atoms with Crippen molar-refractivity contribution in [2.75, 3.05) is 11.9 Å². The fraction of sp³-hybridized carbons (Fsp3) is 0.250. The predicted octanol–water partition coefficient (Wildman–Crippen LogP) is 4.42. The smallest absolute Gasteiger partial charge is 0.264 e. The molecular formula is C20H19N3O2S2. The number of anilines is 1. The van der Waals surface area contributed by atoms with Gasteiger partial charge < -0.3 is 10.2 Å². The second kappa shape index (κ2) is 7.62. The van der Waals surface area contributed by atoms with E-state index in [1.807, 2.05) is 48.0 Å². The van der Waals surface area contributed by atoms with Crippen molar-refractivity contribution in [1.29, 1.82) is 0 Å². The molecule has 1 saturated heterocycles. The molecule has 0 spiro atoms. The van der Waals surface area contributed by atoms with E-state index >= 15 is 0 Å². The Bertz CT molecular complexity index is 948. The summed E-state index contributed by atoms with van der Waals surface area (Å²) in [7, 11) is 0. The number of aromatic nitrogens is 1. The number of likely N-dealkylation sites (tertiary alicyclic amines) is 1. The minimum absolute atomic E-state index is 0.0584. The lowest BCUT2D eigenvalue weighted by Crippen LogP contribution is -2.42. The first kappa shape index (κ1) is 17.9. The first-order chi connectivity index (χ1) is 13.1. The highest BCUT2D eigenvalue weighted by molar-refractivity contribution is 7.12. The highest BCUT2D eigenvalue weighted by Crippen LogP contribution is 2.25. The number of hydrogen-bond donors (Lipinski definition) is 1. The monoisotopic (exact) mass is 397 g/mol. The molecule has 7 heteroatoms. The Morgan fingerprint density at radius 2 is 2.00 bits per heavy atom. The van der Waals surface area contributed by atoms with Crippen LogP contribution in [0.5, 0.6) is 0 Å². The van der Waals surface area contributed by atoms with Crippen molar-refractivity contribution in [3.05, 3.63) is 57.0 Å². The number of hydrogen-bond acceptors (Lipinski definition) is 5. The molecule has 1 fully saturated rings. The number of nitrogens with one attached hydrogen (secondary N) is 1. The molecule has 1 aliphatic heterocycles.